The van der Waals surface area contributed by atoms with Gasteiger partial charge in [-0.05, 0) is 59.1 Å². The molecule has 0 amide bonds. The Labute approximate surface area is 196 Å². The molecule has 2 unspecified atom stereocenters. The van der Waals surface area contributed by atoms with Crippen LogP contribution in [0.1, 0.15) is 62.3 Å². The number of esters is 1. The molecule has 0 saturated carbocycles. The van der Waals surface area contributed by atoms with Gasteiger partial charge in [-0.1, -0.05) is 20.8 Å². The van der Waals surface area contributed by atoms with Crippen LogP contribution >= 0.6 is 7.60 Å². The first-order valence-corrected chi connectivity index (χ1v) is 12.5. The molecule has 10 nitrogen and oxygen atoms in total. The average molecular weight is 489 g/mol. The summed E-state index contributed by atoms with van der Waals surface area (Å²) in [7, 11) is -3.69. The molecular weight excluding hydrogens is 451 g/mol. The maximum absolute atomic E-state index is 13.8. The summed E-state index contributed by atoms with van der Waals surface area (Å²) in [6.45, 7) is 16.6. The number of non-ortho nitro benzene ring substituents is 1. The summed E-state index contributed by atoms with van der Waals surface area (Å²) in [6.07, 6.45) is -1.08. The zero-order valence-electron chi connectivity index (χ0n) is 21.0. The zero-order chi connectivity index (χ0) is 25.6. The first kappa shape index (κ1) is 29.2. The molecule has 0 spiro atoms. The maximum atomic E-state index is 13.8. The highest BCUT2D eigenvalue weighted by Gasteiger charge is 2.52. The Hall–Kier alpha value is -1.84. The van der Waals surface area contributed by atoms with Crippen LogP contribution in [-0.4, -0.2) is 46.6 Å². The summed E-state index contributed by atoms with van der Waals surface area (Å²) in [5.74, 6) is -1.40. The number of carbonyl (C=O) groups is 1. The average Bonchev–Trinajstić information content (AvgIpc) is 2.66. The van der Waals surface area contributed by atoms with E-state index in [4.69, 9.17) is 18.6 Å². The van der Waals surface area contributed by atoms with Crippen molar-refractivity contribution < 1.29 is 32.9 Å². The molecule has 0 fully saturated rings. The van der Waals surface area contributed by atoms with Crippen molar-refractivity contribution in [2.45, 2.75) is 79.7 Å². The smallest absolute Gasteiger partial charge is 0.350 e. The molecule has 0 bridgehead atoms. The Balaban J connectivity index is 3.23. The highest BCUT2D eigenvalue weighted by Crippen LogP contribution is 2.60. The van der Waals surface area contributed by atoms with Gasteiger partial charge in [-0.3, -0.25) is 19.5 Å². The second kappa shape index (κ2) is 11.5. The van der Waals surface area contributed by atoms with Crippen LogP contribution < -0.4 is 4.74 Å². The lowest BCUT2D eigenvalue weighted by Crippen LogP contribution is -2.55. The highest BCUT2D eigenvalue weighted by atomic mass is 31.2. The summed E-state index contributed by atoms with van der Waals surface area (Å²) in [6, 6.07) is 5.15. The van der Waals surface area contributed by atoms with Gasteiger partial charge in [0.25, 0.3) is 5.69 Å². The van der Waals surface area contributed by atoms with Crippen molar-refractivity contribution in [3.05, 3.63) is 34.4 Å². The molecular formula is C22H37N2O8P. The van der Waals surface area contributed by atoms with Crippen LogP contribution in [0.3, 0.4) is 0 Å². The first-order valence-electron chi connectivity index (χ1n) is 10.9. The Morgan fingerprint density at radius 1 is 1.06 bits per heavy atom. The van der Waals surface area contributed by atoms with Gasteiger partial charge in [0.2, 0.25) is 0 Å². The van der Waals surface area contributed by atoms with Gasteiger partial charge in [0.15, 0.2) is 6.10 Å². The maximum Gasteiger partial charge on any atom is 0.350 e. The minimum Gasteiger partial charge on any atom is -0.425 e. The number of hydrogen-bond donors (Lipinski definition) is 0. The Kier molecular flexibility index (Phi) is 10.2. The fourth-order valence-corrected chi connectivity index (χ4v) is 5.81. The Bertz CT molecular complexity index is 835. The normalized spacial score (nSPS) is 14.7. The molecule has 1 rings (SSSR count). The molecule has 0 aliphatic heterocycles. The standard InChI is InChI=1S/C22H37N2O8P/c1-10-29-33(28,30-11-2)20(21(4,5)6)23(22(7,8)9)32-16(3)19(25)31-18-14-12-17(13-15-18)24(26)27/h12-16,20H,10-11H2,1-9H3. The van der Waals surface area contributed by atoms with Gasteiger partial charge in [-0.15, -0.1) is 0 Å². The second-order valence-corrected chi connectivity index (χ2v) is 11.6. The van der Waals surface area contributed by atoms with Crippen LogP contribution in [-0.2, 0) is 23.2 Å². The van der Waals surface area contributed by atoms with E-state index in [1.807, 2.05) is 41.5 Å². The van der Waals surface area contributed by atoms with Gasteiger partial charge in [-0.2, -0.15) is 5.06 Å². The fourth-order valence-electron chi connectivity index (χ4n) is 3.12. The lowest BCUT2D eigenvalue weighted by atomic mass is 9.94. The summed E-state index contributed by atoms with van der Waals surface area (Å²) in [5.41, 5.74) is -1.42. The second-order valence-electron chi connectivity index (χ2n) is 9.53. The van der Waals surface area contributed by atoms with Crippen molar-refractivity contribution in [3.8, 4) is 5.75 Å². The van der Waals surface area contributed by atoms with E-state index in [-0.39, 0.29) is 24.7 Å². The summed E-state index contributed by atoms with van der Waals surface area (Å²) in [5, 5.41) is 12.3. The van der Waals surface area contributed by atoms with Gasteiger partial charge < -0.3 is 13.8 Å². The number of nitro benzene ring substituents is 1. The lowest BCUT2D eigenvalue weighted by Gasteiger charge is -2.47. The quantitative estimate of drug-likeness (QED) is 0.130. The third kappa shape index (κ3) is 8.15. The van der Waals surface area contributed by atoms with E-state index in [0.717, 1.165) is 0 Å². The van der Waals surface area contributed by atoms with Crippen molar-refractivity contribution in [3.63, 3.8) is 0 Å². The van der Waals surface area contributed by atoms with E-state index >= 15 is 0 Å². The van der Waals surface area contributed by atoms with Crippen molar-refractivity contribution in [1.82, 2.24) is 5.06 Å². The van der Waals surface area contributed by atoms with E-state index in [2.05, 4.69) is 0 Å². The molecule has 33 heavy (non-hydrogen) atoms. The topological polar surface area (TPSA) is 117 Å². The third-order valence-electron chi connectivity index (χ3n) is 4.45. The van der Waals surface area contributed by atoms with Crippen molar-refractivity contribution in [2.24, 2.45) is 5.41 Å². The fraction of sp³-hybridized carbons (Fsp3) is 0.682. The van der Waals surface area contributed by atoms with E-state index in [9.17, 15) is 19.5 Å². The van der Waals surface area contributed by atoms with Gasteiger partial charge >= 0.3 is 13.6 Å². The van der Waals surface area contributed by atoms with Gasteiger partial charge in [0, 0.05) is 17.7 Å². The number of benzene rings is 1. The van der Waals surface area contributed by atoms with Crippen LogP contribution in [0.4, 0.5) is 5.69 Å². The van der Waals surface area contributed by atoms with Crippen molar-refractivity contribution in [2.75, 3.05) is 13.2 Å². The summed E-state index contributed by atoms with van der Waals surface area (Å²) >= 11 is 0. The molecule has 0 saturated heterocycles. The van der Waals surface area contributed by atoms with Crippen LogP contribution in [0.2, 0.25) is 0 Å². The number of hydroxylamine groups is 2. The summed E-state index contributed by atoms with van der Waals surface area (Å²) < 4.78 is 30.5. The molecule has 0 aromatic heterocycles. The third-order valence-corrected chi connectivity index (χ3v) is 7.26. The number of nitrogens with zero attached hydrogens (tertiary/aromatic N) is 2. The largest absolute Gasteiger partial charge is 0.425 e. The molecule has 0 radical (unpaired) electrons. The molecule has 0 aliphatic rings. The number of rotatable bonds is 11. The molecule has 2 atom stereocenters. The SMILES string of the molecule is CCOP(=O)(OCC)C(N(OC(C)C(=O)Oc1ccc([N+](=O)[O-])cc1)C(C)(C)C)C(C)(C)C. The van der Waals surface area contributed by atoms with Gasteiger partial charge in [0.05, 0.1) is 18.1 Å². The van der Waals surface area contributed by atoms with E-state index < -0.39 is 41.3 Å². The minimum atomic E-state index is -3.69. The predicted molar refractivity (Wildman–Crippen MR) is 125 cm³/mol. The number of ether oxygens (including phenoxy) is 1. The predicted octanol–water partition coefficient (Wildman–Crippen LogP) is 5.56. The molecule has 0 N–H and O–H groups in total. The molecule has 0 heterocycles. The van der Waals surface area contributed by atoms with Crippen molar-refractivity contribution >= 4 is 19.3 Å². The van der Waals surface area contributed by atoms with Gasteiger partial charge in [-0.25, -0.2) is 4.79 Å². The van der Waals surface area contributed by atoms with Gasteiger partial charge in [0.1, 0.15) is 11.5 Å². The highest BCUT2D eigenvalue weighted by molar-refractivity contribution is 7.54. The molecule has 11 heteroatoms. The van der Waals surface area contributed by atoms with Crippen LogP contribution in [0, 0.1) is 15.5 Å². The number of hydrogen-bond acceptors (Lipinski definition) is 9. The summed E-state index contributed by atoms with van der Waals surface area (Å²) in [4.78, 5) is 29.0. The zero-order valence-corrected chi connectivity index (χ0v) is 21.9. The molecule has 188 valence electrons. The van der Waals surface area contributed by atoms with E-state index in [1.165, 1.54) is 36.3 Å². The van der Waals surface area contributed by atoms with Crippen LogP contribution in [0.5, 0.6) is 5.75 Å². The van der Waals surface area contributed by atoms with E-state index in [1.54, 1.807) is 13.8 Å². The Morgan fingerprint density at radius 3 is 1.91 bits per heavy atom. The molecule has 1 aromatic carbocycles. The first-order chi connectivity index (χ1) is 15.1. The number of nitro groups is 1. The van der Waals surface area contributed by atoms with Crippen molar-refractivity contribution in [1.29, 1.82) is 0 Å². The Morgan fingerprint density at radius 2 is 1.55 bits per heavy atom. The number of carbonyl (C=O) groups excluding carboxylic acids is 1. The lowest BCUT2D eigenvalue weighted by molar-refractivity contribution is -0.384. The molecule has 0 aliphatic carbocycles. The van der Waals surface area contributed by atoms with Crippen LogP contribution in [0.15, 0.2) is 24.3 Å². The van der Waals surface area contributed by atoms with Crippen LogP contribution in [0.25, 0.3) is 0 Å². The minimum absolute atomic E-state index is 0.117. The molecule has 1 aromatic rings. The monoisotopic (exact) mass is 488 g/mol. The van der Waals surface area contributed by atoms with E-state index in [0.29, 0.717) is 0 Å².